The van der Waals surface area contributed by atoms with Gasteiger partial charge in [-0.05, 0) is 25.0 Å². The highest BCUT2D eigenvalue weighted by molar-refractivity contribution is 7.15. The minimum atomic E-state index is -0.887. The summed E-state index contributed by atoms with van der Waals surface area (Å²) in [6, 6.07) is 5.73. The molecule has 1 aliphatic rings. The number of rotatable bonds is 4. The van der Waals surface area contributed by atoms with Crippen LogP contribution >= 0.6 is 11.3 Å². The van der Waals surface area contributed by atoms with E-state index in [1.807, 2.05) is 6.92 Å². The zero-order valence-corrected chi connectivity index (χ0v) is 14.4. The standard InChI is InChI=1S/C17H17N3O3S/c1-9(2)13(14(21)19-17-18-8-10(3)24-17)20-15(22)11-6-4-5-7-12(11)16(20)23/h4-9,13H,1-3H3,(H,18,19,21). The highest BCUT2D eigenvalue weighted by Gasteiger charge is 2.44. The largest absolute Gasteiger partial charge is 0.300 e. The van der Waals surface area contributed by atoms with Crippen LogP contribution < -0.4 is 5.32 Å². The van der Waals surface area contributed by atoms with Gasteiger partial charge in [-0.1, -0.05) is 26.0 Å². The lowest BCUT2D eigenvalue weighted by Gasteiger charge is -2.27. The van der Waals surface area contributed by atoms with Crippen LogP contribution in [0.25, 0.3) is 0 Å². The molecule has 2 aromatic rings. The van der Waals surface area contributed by atoms with E-state index in [1.54, 1.807) is 44.3 Å². The zero-order valence-electron chi connectivity index (χ0n) is 13.6. The number of hydrogen-bond donors (Lipinski definition) is 1. The molecular weight excluding hydrogens is 326 g/mol. The number of benzene rings is 1. The minimum absolute atomic E-state index is 0.228. The second kappa shape index (κ2) is 6.16. The van der Waals surface area contributed by atoms with E-state index in [-0.39, 0.29) is 5.92 Å². The number of amides is 3. The summed E-state index contributed by atoms with van der Waals surface area (Å²) in [5.41, 5.74) is 0.678. The van der Waals surface area contributed by atoms with Gasteiger partial charge in [-0.25, -0.2) is 4.98 Å². The first-order valence-corrected chi connectivity index (χ1v) is 8.42. The molecule has 0 spiro atoms. The van der Waals surface area contributed by atoms with Crippen molar-refractivity contribution in [1.82, 2.24) is 9.88 Å². The zero-order chi connectivity index (χ0) is 17.4. The Hall–Kier alpha value is -2.54. The summed E-state index contributed by atoms with van der Waals surface area (Å²) in [4.78, 5) is 44.1. The average Bonchev–Trinajstić information content (AvgIpc) is 3.04. The molecule has 0 saturated carbocycles. The maximum atomic E-state index is 12.7. The molecule has 124 valence electrons. The number of imide groups is 1. The van der Waals surface area contributed by atoms with Gasteiger partial charge in [0.1, 0.15) is 6.04 Å². The second-order valence-electron chi connectivity index (χ2n) is 5.98. The maximum Gasteiger partial charge on any atom is 0.262 e. The van der Waals surface area contributed by atoms with Crippen LogP contribution in [-0.2, 0) is 4.79 Å². The molecule has 0 fully saturated rings. The van der Waals surface area contributed by atoms with Gasteiger partial charge >= 0.3 is 0 Å². The van der Waals surface area contributed by atoms with E-state index < -0.39 is 23.8 Å². The maximum absolute atomic E-state index is 12.7. The van der Waals surface area contributed by atoms with Crippen LogP contribution in [0.15, 0.2) is 30.5 Å². The van der Waals surface area contributed by atoms with Crippen LogP contribution in [0.3, 0.4) is 0 Å². The molecule has 0 aliphatic carbocycles. The Morgan fingerprint density at radius 3 is 2.21 bits per heavy atom. The van der Waals surface area contributed by atoms with E-state index in [4.69, 9.17) is 0 Å². The third kappa shape index (κ3) is 2.71. The summed E-state index contributed by atoms with van der Waals surface area (Å²) >= 11 is 1.35. The van der Waals surface area contributed by atoms with Gasteiger partial charge in [0.2, 0.25) is 5.91 Å². The molecule has 1 unspecified atom stereocenters. The fourth-order valence-electron chi connectivity index (χ4n) is 2.77. The van der Waals surface area contributed by atoms with Gasteiger partial charge in [0.25, 0.3) is 11.8 Å². The lowest BCUT2D eigenvalue weighted by Crippen LogP contribution is -2.50. The monoisotopic (exact) mass is 343 g/mol. The van der Waals surface area contributed by atoms with Crippen LogP contribution in [0, 0.1) is 12.8 Å². The van der Waals surface area contributed by atoms with Crippen molar-refractivity contribution in [1.29, 1.82) is 0 Å². The molecule has 6 nitrogen and oxygen atoms in total. The molecule has 1 N–H and O–H groups in total. The molecular formula is C17H17N3O3S. The molecule has 0 saturated heterocycles. The third-order valence-electron chi connectivity index (χ3n) is 3.86. The fourth-order valence-corrected chi connectivity index (χ4v) is 3.44. The lowest BCUT2D eigenvalue weighted by molar-refractivity contribution is -0.121. The Labute approximate surface area is 143 Å². The Balaban J connectivity index is 1.90. The first kappa shape index (κ1) is 16.3. The first-order chi connectivity index (χ1) is 11.4. The average molecular weight is 343 g/mol. The second-order valence-corrected chi connectivity index (χ2v) is 7.21. The van der Waals surface area contributed by atoms with Crippen LogP contribution in [0.1, 0.15) is 39.4 Å². The van der Waals surface area contributed by atoms with Crippen molar-refractivity contribution in [3.05, 3.63) is 46.5 Å². The van der Waals surface area contributed by atoms with Crippen molar-refractivity contribution in [2.45, 2.75) is 26.8 Å². The number of hydrogen-bond acceptors (Lipinski definition) is 5. The van der Waals surface area contributed by atoms with Crippen molar-refractivity contribution >= 4 is 34.2 Å². The summed E-state index contributed by atoms with van der Waals surface area (Å²) in [6.07, 6.45) is 1.66. The van der Waals surface area contributed by atoms with Gasteiger partial charge in [0.05, 0.1) is 11.1 Å². The molecule has 3 amide bonds. The summed E-state index contributed by atoms with van der Waals surface area (Å²) in [6.45, 7) is 5.50. The van der Waals surface area contributed by atoms with Crippen molar-refractivity contribution in [2.75, 3.05) is 5.32 Å². The molecule has 1 aromatic heterocycles. The smallest absolute Gasteiger partial charge is 0.262 e. The predicted octanol–water partition coefficient (Wildman–Crippen LogP) is 2.71. The summed E-state index contributed by atoms with van der Waals surface area (Å²) in [5, 5.41) is 3.17. The van der Waals surface area contributed by atoms with E-state index in [9.17, 15) is 14.4 Å². The first-order valence-electron chi connectivity index (χ1n) is 7.60. The number of carbonyl (C=O) groups excluding carboxylic acids is 3. The number of thiazole rings is 1. The molecule has 0 bridgehead atoms. The van der Waals surface area contributed by atoms with Gasteiger partial charge < -0.3 is 5.32 Å². The van der Waals surface area contributed by atoms with Gasteiger partial charge in [0, 0.05) is 11.1 Å². The van der Waals surface area contributed by atoms with E-state index in [0.29, 0.717) is 16.3 Å². The van der Waals surface area contributed by atoms with Gasteiger partial charge in [-0.15, -0.1) is 11.3 Å². The molecule has 1 aliphatic heterocycles. The van der Waals surface area contributed by atoms with Crippen LogP contribution in [0.5, 0.6) is 0 Å². The fraction of sp³-hybridized carbons (Fsp3) is 0.294. The summed E-state index contributed by atoms with van der Waals surface area (Å²) in [5.74, 6) is -1.50. The molecule has 3 rings (SSSR count). The molecule has 7 heteroatoms. The SMILES string of the molecule is Cc1cnc(NC(=O)C(C(C)C)N2C(=O)c3ccccc3C2=O)s1. The van der Waals surface area contributed by atoms with Crippen molar-refractivity contribution < 1.29 is 14.4 Å². The van der Waals surface area contributed by atoms with E-state index in [2.05, 4.69) is 10.3 Å². The number of aromatic nitrogens is 1. The number of anilines is 1. The number of fused-ring (bicyclic) bond motifs is 1. The molecule has 0 radical (unpaired) electrons. The minimum Gasteiger partial charge on any atom is -0.300 e. The predicted molar refractivity (Wildman–Crippen MR) is 91.0 cm³/mol. The summed E-state index contributed by atoms with van der Waals surface area (Å²) in [7, 11) is 0. The quantitative estimate of drug-likeness (QED) is 0.866. The van der Waals surface area contributed by atoms with Crippen molar-refractivity contribution in [3.63, 3.8) is 0 Å². The number of carbonyl (C=O) groups is 3. The normalized spacial score (nSPS) is 14.9. The lowest BCUT2D eigenvalue weighted by atomic mass is 10.0. The van der Waals surface area contributed by atoms with Crippen LogP contribution in [0.2, 0.25) is 0 Å². The third-order valence-corrected chi connectivity index (χ3v) is 4.68. The highest BCUT2D eigenvalue weighted by Crippen LogP contribution is 2.28. The number of aryl methyl sites for hydroxylation is 1. The number of nitrogens with zero attached hydrogens (tertiary/aromatic N) is 2. The Morgan fingerprint density at radius 2 is 1.75 bits per heavy atom. The van der Waals surface area contributed by atoms with Crippen LogP contribution in [-0.4, -0.2) is 33.6 Å². The molecule has 1 aromatic carbocycles. The number of nitrogens with one attached hydrogen (secondary N) is 1. The Bertz CT molecular complexity index is 793. The highest BCUT2D eigenvalue weighted by atomic mass is 32.1. The van der Waals surface area contributed by atoms with Gasteiger partial charge in [0.15, 0.2) is 5.13 Å². The Morgan fingerprint density at radius 1 is 1.17 bits per heavy atom. The van der Waals surface area contributed by atoms with Gasteiger partial charge in [-0.3, -0.25) is 19.3 Å². The van der Waals surface area contributed by atoms with Gasteiger partial charge in [-0.2, -0.15) is 0 Å². The van der Waals surface area contributed by atoms with E-state index >= 15 is 0 Å². The summed E-state index contributed by atoms with van der Waals surface area (Å²) < 4.78 is 0. The van der Waals surface area contributed by atoms with E-state index in [1.165, 1.54) is 11.3 Å². The molecule has 24 heavy (non-hydrogen) atoms. The molecule has 2 heterocycles. The topological polar surface area (TPSA) is 79.4 Å². The molecule has 1 atom stereocenters. The van der Waals surface area contributed by atoms with Crippen molar-refractivity contribution in [3.8, 4) is 0 Å². The van der Waals surface area contributed by atoms with Crippen LogP contribution in [0.4, 0.5) is 5.13 Å². The van der Waals surface area contributed by atoms with Crippen molar-refractivity contribution in [2.24, 2.45) is 5.92 Å². The Kier molecular flexibility index (Phi) is 4.19. The van der Waals surface area contributed by atoms with E-state index in [0.717, 1.165) is 9.78 Å².